The van der Waals surface area contributed by atoms with E-state index >= 15 is 0 Å². The van der Waals surface area contributed by atoms with Crippen molar-refractivity contribution in [3.05, 3.63) is 82.7 Å². The predicted octanol–water partition coefficient (Wildman–Crippen LogP) is 8.27. The molecule has 2 atom stereocenters. The molecule has 0 N–H and O–H groups in total. The van der Waals surface area contributed by atoms with Crippen LogP contribution in [0.4, 0.5) is 17.6 Å². The van der Waals surface area contributed by atoms with Crippen LogP contribution in [0.3, 0.4) is 0 Å². The lowest BCUT2D eigenvalue weighted by Crippen LogP contribution is -2.22. The van der Waals surface area contributed by atoms with Gasteiger partial charge in [-0.05, 0) is 76.9 Å². The number of aryl methyl sites for hydroxylation is 1. The smallest absolute Gasteiger partial charge is 0.207 e. The highest BCUT2D eigenvalue weighted by molar-refractivity contribution is 5.87. The van der Waals surface area contributed by atoms with Gasteiger partial charge in [-0.1, -0.05) is 56.5 Å². The summed E-state index contributed by atoms with van der Waals surface area (Å²) < 4.78 is 53.1. The topological polar surface area (TPSA) is 0 Å². The van der Waals surface area contributed by atoms with Crippen molar-refractivity contribution >= 4 is 10.8 Å². The van der Waals surface area contributed by atoms with Crippen molar-refractivity contribution in [1.82, 2.24) is 0 Å². The van der Waals surface area contributed by atoms with Crippen molar-refractivity contribution in [3.63, 3.8) is 0 Å². The quantitative estimate of drug-likeness (QED) is 0.291. The number of hydrogen-bond acceptors (Lipinski definition) is 0. The van der Waals surface area contributed by atoms with E-state index in [0.29, 0.717) is 5.92 Å². The molecule has 0 amide bonds. The Bertz CT molecular complexity index is 1020. The molecule has 3 aromatic carbocycles. The van der Waals surface area contributed by atoms with Gasteiger partial charge < -0.3 is 0 Å². The first-order chi connectivity index (χ1) is 14.4. The van der Waals surface area contributed by atoms with Gasteiger partial charge in [-0.25, -0.2) is 4.39 Å². The Morgan fingerprint density at radius 1 is 0.933 bits per heavy atom. The van der Waals surface area contributed by atoms with Gasteiger partial charge >= 0.3 is 6.18 Å². The molecule has 0 saturated carbocycles. The maximum atomic E-state index is 14.0. The summed E-state index contributed by atoms with van der Waals surface area (Å²) in [5.41, 5.74) is 2.58. The lowest BCUT2D eigenvalue weighted by molar-refractivity contribution is -0.137. The normalized spacial score (nSPS) is 19.1. The van der Waals surface area contributed by atoms with Gasteiger partial charge in [-0.15, -0.1) is 0 Å². The van der Waals surface area contributed by atoms with Crippen LogP contribution in [0.5, 0.6) is 0 Å². The molecule has 0 spiro atoms. The van der Waals surface area contributed by atoms with Gasteiger partial charge in [0, 0.05) is 5.92 Å². The molecule has 30 heavy (non-hydrogen) atoms. The second kappa shape index (κ2) is 8.41. The van der Waals surface area contributed by atoms with Gasteiger partial charge in [0.1, 0.15) is 5.82 Å². The molecule has 0 radical (unpaired) electrons. The first kappa shape index (κ1) is 20.9. The van der Waals surface area contributed by atoms with E-state index in [1.807, 2.05) is 6.07 Å². The fourth-order valence-electron chi connectivity index (χ4n) is 4.99. The van der Waals surface area contributed by atoms with E-state index in [2.05, 4.69) is 13.0 Å². The average molecular weight is 414 g/mol. The van der Waals surface area contributed by atoms with E-state index in [0.717, 1.165) is 66.0 Å². The molecule has 0 unspecified atom stereocenters. The molecule has 0 saturated heterocycles. The summed E-state index contributed by atoms with van der Waals surface area (Å²) in [5, 5.41) is 1.93. The van der Waals surface area contributed by atoms with Crippen molar-refractivity contribution < 1.29 is 17.6 Å². The minimum absolute atomic E-state index is 0.0422. The summed E-state index contributed by atoms with van der Waals surface area (Å²) in [4.78, 5) is 0. The molecule has 3 aromatic rings. The Hall–Kier alpha value is -2.36. The molecule has 4 heteroatoms. The van der Waals surface area contributed by atoms with Crippen LogP contribution in [0.15, 0.2) is 54.6 Å². The minimum atomic E-state index is -4.34. The molecule has 0 fully saturated rings. The molecule has 1 aliphatic carbocycles. The van der Waals surface area contributed by atoms with Crippen molar-refractivity contribution in [1.29, 1.82) is 0 Å². The van der Waals surface area contributed by atoms with Crippen LogP contribution in [0.25, 0.3) is 10.8 Å². The zero-order valence-corrected chi connectivity index (χ0v) is 17.1. The predicted molar refractivity (Wildman–Crippen MR) is 113 cm³/mol. The van der Waals surface area contributed by atoms with Crippen LogP contribution in [0.1, 0.15) is 67.2 Å². The minimum Gasteiger partial charge on any atom is -0.207 e. The zero-order chi connectivity index (χ0) is 21.3. The molecule has 0 aliphatic heterocycles. The number of rotatable bonds is 5. The van der Waals surface area contributed by atoms with E-state index in [4.69, 9.17) is 0 Å². The Kier molecular flexibility index (Phi) is 5.86. The summed E-state index contributed by atoms with van der Waals surface area (Å²) in [6.07, 6.45) is 1.99. The first-order valence-corrected chi connectivity index (χ1v) is 10.8. The molecular weight excluding hydrogens is 388 g/mol. The second-order valence-electron chi connectivity index (χ2n) is 8.39. The van der Waals surface area contributed by atoms with Crippen molar-refractivity contribution in [2.45, 2.75) is 57.5 Å². The Balaban J connectivity index is 1.79. The molecule has 1 aliphatic rings. The van der Waals surface area contributed by atoms with Gasteiger partial charge in [0.15, 0.2) is 0 Å². The fourth-order valence-corrected chi connectivity index (χ4v) is 4.99. The molecule has 0 aromatic heterocycles. The largest absolute Gasteiger partial charge is 0.416 e. The number of hydrogen-bond donors (Lipinski definition) is 0. The first-order valence-electron chi connectivity index (χ1n) is 10.8. The lowest BCUT2D eigenvalue weighted by atomic mass is 9.69. The van der Waals surface area contributed by atoms with Crippen molar-refractivity contribution in [3.8, 4) is 0 Å². The second-order valence-corrected chi connectivity index (χ2v) is 8.39. The highest BCUT2D eigenvalue weighted by Gasteiger charge is 2.33. The van der Waals surface area contributed by atoms with Crippen LogP contribution in [0.2, 0.25) is 0 Å². The molecule has 158 valence electrons. The van der Waals surface area contributed by atoms with Gasteiger partial charge in [0.25, 0.3) is 0 Å². The summed E-state index contributed by atoms with van der Waals surface area (Å²) in [7, 11) is 0. The van der Waals surface area contributed by atoms with Crippen molar-refractivity contribution in [2.75, 3.05) is 0 Å². The summed E-state index contributed by atoms with van der Waals surface area (Å²) in [6.45, 7) is 2.17. The van der Waals surface area contributed by atoms with Crippen LogP contribution < -0.4 is 0 Å². The van der Waals surface area contributed by atoms with E-state index < -0.39 is 11.7 Å². The van der Waals surface area contributed by atoms with E-state index in [1.165, 1.54) is 18.2 Å². The standard InChI is InChI=1S/C26H26F4/c1-2-3-4-5-18-10-14-22-23(15-9-17-8-13-21(27)16-24(17)22)25(18)19-6-11-20(12-7-19)26(28,29)30/h6-9,11-13,15-16,18,25H,2-5,10,14H2,1H3/t18-,25-/m1/s1. The number of alkyl halides is 3. The van der Waals surface area contributed by atoms with Gasteiger partial charge in [-0.3, -0.25) is 0 Å². The molecular formula is C26H26F4. The monoisotopic (exact) mass is 414 g/mol. The molecule has 4 rings (SSSR count). The van der Waals surface area contributed by atoms with Gasteiger partial charge in [0.2, 0.25) is 0 Å². The van der Waals surface area contributed by atoms with Gasteiger partial charge in [-0.2, -0.15) is 13.2 Å². The SMILES string of the molecule is CCCCC[C@@H]1CCc2c(ccc3ccc(F)cc23)[C@H]1c1ccc(C(F)(F)F)cc1. The third-order valence-electron chi connectivity index (χ3n) is 6.48. The van der Waals surface area contributed by atoms with Crippen LogP contribution in [-0.4, -0.2) is 0 Å². The molecule has 0 bridgehead atoms. The lowest BCUT2D eigenvalue weighted by Gasteiger charge is -2.35. The highest BCUT2D eigenvalue weighted by Crippen LogP contribution is 2.45. The van der Waals surface area contributed by atoms with Gasteiger partial charge in [0.05, 0.1) is 5.56 Å². The van der Waals surface area contributed by atoms with Crippen LogP contribution in [-0.2, 0) is 12.6 Å². The maximum absolute atomic E-state index is 14.0. The number of fused-ring (bicyclic) bond motifs is 3. The molecule has 0 nitrogen and oxygen atoms in total. The summed E-state index contributed by atoms with van der Waals surface area (Å²) in [5.74, 6) is 0.166. The highest BCUT2D eigenvalue weighted by atomic mass is 19.4. The fraction of sp³-hybridized carbons (Fsp3) is 0.385. The Morgan fingerprint density at radius 3 is 2.37 bits per heavy atom. The number of halogens is 4. The summed E-state index contributed by atoms with van der Waals surface area (Å²) in [6, 6.07) is 14.6. The Labute approximate surface area is 174 Å². The number of unbranched alkanes of at least 4 members (excludes halogenated alkanes) is 2. The van der Waals surface area contributed by atoms with E-state index in [9.17, 15) is 17.6 Å². The zero-order valence-electron chi connectivity index (χ0n) is 17.1. The molecule has 0 heterocycles. The number of benzene rings is 3. The third-order valence-corrected chi connectivity index (χ3v) is 6.48. The van der Waals surface area contributed by atoms with Crippen LogP contribution in [0, 0.1) is 11.7 Å². The maximum Gasteiger partial charge on any atom is 0.416 e. The average Bonchev–Trinajstić information content (AvgIpc) is 2.73. The summed E-state index contributed by atoms with van der Waals surface area (Å²) >= 11 is 0. The third kappa shape index (κ3) is 4.10. The van der Waals surface area contributed by atoms with Crippen molar-refractivity contribution in [2.24, 2.45) is 5.92 Å². The Morgan fingerprint density at radius 2 is 1.67 bits per heavy atom. The van der Waals surface area contributed by atoms with Crippen LogP contribution >= 0.6 is 0 Å². The van der Waals surface area contributed by atoms with E-state index in [-0.39, 0.29) is 11.7 Å². The van der Waals surface area contributed by atoms with E-state index in [1.54, 1.807) is 24.3 Å².